The number of nitrogens with one attached hydrogen (secondary N) is 1. The summed E-state index contributed by atoms with van der Waals surface area (Å²) in [6.45, 7) is 5.87. The minimum absolute atomic E-state index is 0.0420. The maximum absolute atomic E-state index is 11.6. The second-order valence-corrected chi connectivity index (χ2v) is 5.12. The van der Waals surface area contributed by atoms with E-state index >= 15 is 0 Å². The van der Waals surface area contributed by atoms with Crippen LogP contribution < -0.4 is 5.32 Å². The molecule has 0 saturated carbocycles. The third-order valence-electron chi connectivity index (χ3n) is 3.70. The number of amides is 1. The maximum atomic E-state index is 11.6. The van der Waals surface area contributed by atoms with Gasteiger partial charge >= 0.3 is 0 Å². The van der Waals surface area contributed by atoms with Gasteiger partial charge in [-0.3, -0.25) is 14.6 Å². The van der Waals surface area contributed by atoms with Crippen molar-refractivity contribution in [3.63, 3.8) is 0 Å². The SMILES string of the molecule is CNC(=O)c1cccc(CN2CCN(CCO)CC2)c1. The second-order valence-electron chi connectivity index (χ2n) is 5.12. The van der Waals surface area contributed by atoms with E-state index in [0.29, 0.717) is 5.56 Å². The van der Waals surface area contributed by atoms with Crippen molar-refractivity contribution in [1.29, 1.82) is 0 Å². The van der Waals surface area contributed by atoms with Crippen molar-refractivity contribution < 1.29 is 9.90 Å². The van der Waals surface area contributed by atoms with Gasteiger partial charge in [-0.1, -0.05) is 12.1 Å². The maximum Gasteiger partial charge on any atom is 0.251 e. The van der Waals surface area contributed by atoms with Crippen molar-refractivity contribution in [3.8, 4) is 0 Å². The summed E-state index contributed by atoms with van der Waals surface area (Å²) in [5.74, 6) is -0.0420. The van der Waals surface area contributed by atoms with Gasteiger partial charge in [-0.25, -0.2) is 0 Å². The molecule has 0 unspecified atom stereocenters. The molecule has 0 aromatic heterocycles. The summed E-state index contributed by atoms with van der Waals surface area (Å²) in [7, 11) is 1.65. The third kappa shape index (κ3) is 4.03. The zero-order chi connectivity index (χ0) is 14.4. The molecule has 1 saturated heterocycles. The zero-order valence-electron chi connectivity index (χ0n) is 12.0. The summed E-state index contributed by atoms with van der Waals surface area (Å²) in [6, 6.07) is 7.79. The summed E-state index contributed by atoms with van der Waals surface area (Å²) in [5, 5.41) is 11.6. The van der Waals surface area contributed by atoms with Gasteiger partial charge in [0, 0.05) is 51.9 Å². The number of benzene rings is 1. The molecular weight excluding hydrogens is 254 g/mol. The van der Waals surface area contributed by atoms with Crippen molar-refractivity contribution in [2.75, 3.05) is 46.4 Å². The molecular formula is C15H23N3O2. The van der Waals surface area contributed by atoms with Gasteiger partial charge in [-0.15, -0.1) is 0 Å². The number of hydrogen-bond donors (Lipinski definition) is 2. The molecule has 1 amide bonds. The summed E-state index contributed by atoms with van der Waals surface area (Å²) >= 11 is 0. The molecule has 1 aromatic carbocycles. The van der Waals surface area contributed by atoms with Crippen molar-refractivity contribution in [2.45, 2.75) is 6.54 Å². The summed E-state index contributed by atoms with van der Waals surface area (Å²) in [5.41, 5.74) is 1.88. The highest BCUT2D eigenvalue weighted by molar-refractivity contribution is 5.94. The molecule has 0 spiro atoms. The normalized spacial score (nSPS) is 17.1. The molecule has 1 aliphatic heterocycles. The Hall–Kier alpha value is -1.43. The van der Waals surface area contributed by atoms with Crippen molar-refractivity contribution in [2.24, 2.45) is 0 Å². The lowest BCUT2D eigenvalue weighted by molar-refractivity contribution is 0.0962. The van der Waals surface area contributed by atoms with Crippen LogP contribution in [0.5, 0.6) is 0 Å². The first kappa shape index (κ1) is 15.0. The summed E-state index contributed by atoms with van der Waals surface area (Å²) in [6.07, 6.45) is 0. The minimum Gasteiger partial charge on any atom is -0.395 e. The Balaban J connectivity index is 1.89. The quantitative estimate of drug-likeness (QED) is 0.805. The second kappa shape index (κ2) is 7.38. The molecule has 0 aliphatic carbocycles. The van der Waals surface area contributed by atoms with Gasteiger partial charge in [0.1, 0.15) is 0 Å². The van der Waals surface area contributed by atoms with Gasteiger partial charge in [-0.2, -0.15) is 0 Å². The molecule has 1 aromatic rings. The number of aliphatic hydroxyl groups is 1. The fourth-order valence-corrected chi connectivity index (χ4v) is 2.53. The van der Waals surface area contributed by atoms with Crippen LogP contribution in [0.4, 0.5) is 0 Å². The van der Waals surface area contributed by atoms with Crippen molar-refractivity contribution in [1.82, 2.24) is 15.1 Å². The van der Waals surface area contributed by atoms with Crippen LogP contribution in [0.25, 0.3) is 0 Å². The highest BCUT2D eigenvalue weighted by Crippen LogP contribution is 2.10. The number of aliphatic hydroxyl groups excluding tert-OH is 1. The highest BCUT2D eigenvalue weighted by Gasteiger charge is 2.16. The molecule has 5 nitrogen and oxygen atoms in total. The lowest BCUT2D eigenvalue weighted by atomic mass is 10.1. The monoisotopic (exact) mass is 277 g/mol. The van der Waals surface area contributed by atoms with E-state index in [2.05, 4.69) is 21.2 Å². The van der Waals surface area contributed by atoms with Gasteiger partial charge in [0.25, 0.3) is 5.91 Å². The zero-order valence-corrected chi connectivity index (χ0v) is 12.0. The lowest BCUT2D eigenvalue weighted by Crippen LogP contribution is -2.46. The molecule has 2 rings (SSSR count). The molecule has 2 N–H and O–H groups in total. The molecule has 1 heterocycles. The fraction of sp³-hybridized carbons (Fsp3) is 0.533. The topological polar surface area (TPSA) is 55.8 Å². The highest BCUT2D eigenvalue weighted by atomic mass is 16.3. The van der Waals surface area contributed by atoms with Crippen LogP contribution in [-0.2, 0) is 6.54 Å². The molecule has 110 valence electrons. The van der Waals surface area contributed by atoms with Gasteiger partial charge in [0.05, 0.1) is 6.61 Å². The fourth-order valence-electron chi connectivity index (χ4n) is 2.53. The number of nitrogens with zero attached hydrogens (tertiary/aromatic N) is 2. The Labute approximate surface area is 120 Å². The first-order valence-corrected chi connectivity index (χ1v) is 7.09. The number of carbonyl (C=O) groups excluding carboxylic acids is 1. The van der Waals surface area contributed by atoms with E-state index in [-0.39, 0.29) is 12.5 Å². The molecule has 20 heavy (non-hydrogen) atoms. The van der Waals surface area contributed by atoms with Crippen LogP contribution in [0, 0.1) is 0 Å². The molecule has 0 bridgehead atoms. The van der Waals surface area contributed by atoms with Crippen LogP contribution in [0.3, 0.4) is 0 Å². The predicted octanol–water partition coefficient (Wildman–Crippen LogP) is 0.156. The van der Waals surface area contributed by atoms with Gasteiger partial charge in [-0.05, 0) is 17.7 Å². The van der Waals surface area contributed by atoms with Crippen LogP contribution in [0.1, 0.15) is 15.9 Å². The Morgan fingerprint density at radius 1 is 1.25 bits per heavy atom. The first-order valence-electron chi connectivity index (χ1n) is 7.09. The average Bonchev–Trinajstić information content (AvgIpc) is 2.49. The predicted molar refractivity (Wildman–Crippen MR) is 78.6 cm³/mol. The minimum atomic E-state index is -0.0420. The van der Waals surface area contributed by atoms with Crippen LogP contribution in [0.15, 0.2) is 24.3 Å². The molecule has 5 heteroatoms. The molecule has 0 atom stereocenters. The number of rotatable bonds is 5. The van der Waals surface area contributed by atoms with Crippen LogP contribution in [0.2, 0.25) is 0 Å². The Kier molecular flexibility index (Phi) is 5.52. The molecule has 1 aliphatic rings. The van der Waals surface area contributed by atoms with Crippen molar-refractivity contribution in [3.05, 3.63) is 35.4 Å². The van der Waals surface area contributed by atoms with Gasteiger partial charge < -0.3 is 10.4 Å². The van der Waals surface area contributed by atoms with E-state index in [1.807, 2.05) is 18.2 Å². The van der Waals surface area contributed by atoms with E-state index < -0.39 is 0 Å². The van der Waals surface area contributed by atoms with E-state index in [9.17, 15) is 4.79 Å². The lowest BCUT2D eigenvalue weighted by Gasteiger charge is -2.34. The van der Waals surface area contributed by atoms with Crippen molar-refractivity contribution >= 4 is 5.91 Å². The van der Waals surface area contributed by atoms with Crippen LogP contribution in [-0.4, -0.2) is 67.2 Å². The van der Waals surface area contributed by atoms with E-state index in [0.717, 1.165) is 39.3 Å². The number of piperazine rings is 1. The Morgan fingerprint density at radius 3 is 2.60 bits per heavy atom. The standard InChI is InChI=1S/C15H23N3O2/c1-16-15(20)14-4-2-3-13(11-14)12-18-7-5-17(6-8-18)9-10-19/h2-4,11,19H,5-10,12H2,1H3,(H,16,20). The first-order chi connectivity index (χ1) is 9.72. The van der Waals surface area contributed by atoms with Gasteiger partial charge in [0.2, 0.25) is 0 Å². The van der Waals surface area contributed by atoms with E-state index in [4.69, 9.17) is 5.11 Å². The summed E-state index contributed by atoms with van der Waals surface area (Å²) < 4.78 is 0. The third-order valence-corrected chi connectivity index (χ3v) is 3.70. The van der Waals surface area contributed by atoms with Crippen LogP contribution >= 0.6 is 0 Å². The Bertz CT molecular complexity index is 442. The largest absolute Gasteiger partial charge is 0.395 e. The molecule has 0 radical (unpaired) electrons. The number of β-amino-alcohol motifs (C(OH)–C–C–N with tert-alkyl or cyclic N) is 1. The van der Waals surface area contributed by atoms with Gasteiger partial charge in [0.15, 0.2) is 0 Å². The molecule has 1 fully saturated rings. The average molecular weight is 277 g/mol. The smallest absolute Gasteiger partial charge is 0.251 e. The Morgan fingerprint density at radius 2 is 1.95 bits per heavy atom. The van der Waals surface area contributed by atoms with E-state index in [1.165, 1.54) is 5.56 Å². The number of carbonyl (C=O) groups is 1. The summed E-state index contributed by atoms with van der Waals surface area (Å²) in [4.78, 5) is 16.3. The van der Waals surface area contributed by atoms with E-state index in [1.54, 1.807) is 7.05 Å². The number of hydrogen-bond acceptors (Lipinski definition) is 4.